The van der Waals surface area contributed by atoms with Gasteiger partial charge >= 0.3 is 0 Å². The van der Waals surface area contributed by atoms with Gasteiger partial charge in [-0.1, -0.05) is 19.3 Å². The van der Waals surface area contributed by atoms with Crippen molar-refractivity contribution in [1.82, 2.24) is 20.1 Å². The number of carbonyl (C=O) groups is 1. The normalized spacial score (nSPS) is 15.9. The summed E-state index contributed by atoms with van der Waals surface area (Å²) in [7, 11) is 4.01. The molecular weight excluding hydrogens is 382 g/mol. The van der Waals surface area contributed by atoms with Crippen molar-refractivity contribution in [3.05, 3.63) is 22.4 Å². The van der Waals surface area contributed by atoms with Crippen LogP contribution in [0.4, 0.5) is 0 Å². The highest BCUT2D eigenvalue weighted by atomic mass is 79.9. The van der Waals surface area contributed by atoms with E-state index in [1.807, 2.05) is 32.1 Å². The first-order valence-electron chi connectivity index (χ1n) is 9.09. The van der Waals surface area contributed by atoms with Crippen LogP contribution in [0.1, 0.15) is 44.7 Å². The molecule has 0 saturated heterocycles. The standard InChI is InChI=1S/C18H30BrN5O/c1-4-20-18(24(3)13-16-10-14(19)12-23(16)2)21-11-17(25)22-15-8-6-5-7-9-15/h10,12,15H,4-9,11,13H2,1-3H3,(H,20,21)(H,22,25). The molecule has 0 atom stereocenters. The molecule has 1 aliphatic carbocycles. The number of amides is 1. The number of halogens is 1. The van der Waals surface area contributed by atoms with E-state index in [9.17, 15) is 4.79 Å². The van der Waals surface area contributed by atoms with Crippen LogP contribution in [-0.2, 0) is 18.4 Å². The smallest absolute Gasteiger partial charge is 0.242 e. The first-order chi connectivity index (χ1) is 12.0. The van der Waals surface area contributed by atoms with Crippen LogP contribution in [0.2, 0.25) is 0 Å². The number of aromatic nitrogens is 1. The third-order valence-corrected chi connectivity index (χ3v) is 4.95. The second kappa shape index (κ2) is 9.85. The molecule has 1 heterocycles. The summed E-state index contributed by atoms with van der Waals surface area (Å²) in [5.74, 6) is 0.760. The second-order valence-electron chi connectivity index (χ2n) is 6.69. The van der Waals surface area contributed by atoms with E-state index in [1.165, 1.54) is 25.0 Å². The molecule has 7 heteroatoms. The summed E-state index contributed by atoms with van der Waals surface area (Å²) in [6, 6.07) is 2.42. The van der Waals surface area contributed by atoms with Gasteiger partial charge in [0.05, 0.1) is 6.54 Å². The molecule has 0 aromatic carbocycles. The number of nitrogens with zero attached hydrogens (tertiary/aromatic N) is 3. The number of carbonyl (C=O) groups excluding carboxylic acids is 1. The highest BCUT2D eigenvalue weighted by Crippen LogP contribution is 2.17. The average Bonchev–Trinajstić information content (AvgIpc) is 2.89. The maximum absolute atomic E-state index is 12.2. The number of hydrogen-bond donors (Lipinski definition) is 2. The summed E-state index contributed by atoms with van der Waals surface area (Å²) in [4.78, 5) is 18.7. The van der Waals surface area contributed by atoms with Crippen molar-refractivity contribution in [2.75, 3.05) is 20.1 Å². The Labute approximate surface area is 159 Å². The summed E-state index contributed by atoms with van der Waals surface area (Å²) in [5, 5.41) is 6.38. The molecule has 1 fully saturated rings. The minimum Gasteiger partial charge on any atom is -0.357 e. The van der Waals surface area contributed by atoms with Gasteiger partial charge in [-0.2, -0.15) is 0 Å². The summed E-state index contributed by atoms with van der Waals surface area (Å²) >= 11 is 3.50. The van der Waals surface area contributed by atoms with Crippen LogP contribution in [0.5, 0.6) is 0 Å². The molecule has 0 spiro atoms. The van der Waals surface area contributed by atoms with E-state index in [0.29, 0.717) is 6.04 Å². The van der Waals surface area contributed by atoms with Gasteiger partial charge < -0.3 is 20.1 Å². The summed E-state index contributed by atoms with van der Waals surface area (Å²) in [5.41, 5.74) is 1.17. The van der Waals surface area contributed by atoms with Crippen molar-refractivity contribution in [2.45, 2.75) is 51.6 Å². The van der Waals surface area contributed by atoms with Gasteiger partial charge in [-0.3, -0.25) is 4.79 Å². The fourth-order valence-electron chi connectivity index (χ4n) is 3.18. The zero-order valence-electron chi connectivity index (χ0n) is 15.5. The Morgan fingerprint density at radius 3 is 2.72 bits per heavy atom. The van der Waals surface area contributed by atoms with Gasteiger partial charge in [0.15, 0.2) is 5.96 Å². The van der Waals surface area contributed by atoms with Crippen molar-refractivity contribution in [3.8, 4) is 0 Å². The molecule has 140 valence electrons. The van der Waals surface area contributed by atoms with E-state index in [0.717, 1.165) is 36.4 Å². The lowest BCUT2D eigenvalue weighted by atomic mass is 9.95. The molecule has 0 unspecified atom stereocenters. The Kier molecular flexibility index (Phi) is 7.81. The highest BCUT2D eigenvalue weighted by Gasteiger charge is 2.16. The topological polar surface area (TPSA) is 61.7 Å². The van der Waals surface area contributed by atoms with Crippen LogP contribution in [0, 0.1) is 0 Å². The van der Waals surface area contributed by atoms with Gasteiger partial charge in [-0.05, 0) is 41.8 Å². The van der Waals surface area contributed by atoms with Gasteiger partial charge in [-0.25, -0.2) is 4.99 Å². The van der Waals surface area contributed by atoms with E-state index in [4.69, 9.17) is 0 Å². The summed E-state index contributed by atoms with van der Waals surface area (Å²) in [6.07, 6.45) is 7.94. The zero-order chi connectivity index (χ0) is 18.2. The first kappa shape index (κ1) is 19.8. The van der Waals surface area contributed by atoms with E-state index in [-0.39, 0.29) is 12.5 Å². The third-order valence-electron chi connectivity index (χ3n) is 4.51. The fourth-order valence-corrected chi connectivity index (χ4v) is 3.75. The highest BCUT2D eigenvalue weighted by molar-refractivity contribution is 9.10. The lowest BCUT2D eigenvalue weighted by molar-refractivity contribution is -0.120. The number of aliphatic imine (C=N–C) groups is 1. The SMILES string of the molecule is CCNC(=NCC(=O)NC1CCCCC1)N(C)Cc1cc(Br)cn1C. The van der Waals surface area contributed by atoms with Gasteiger partial charge in [0.2, 0.25) is 5.91 Å². The molecule has 1 saturated carbocycles. The lowest BCUT2D eigenvalue weighted by Gasteiger charge is -2.24. The van der Waals surface area contributed by atoms with Crippen LogP contribution >= 0.6 is 15.9 Å². The number of aryl methyl sites for hydroxylation is 1. The van der Waals surface area contributed by atoms with E-state index >= 15 is 0 Å². The molecule has 2 N–H and O–H groups in total. The largest absolute Gasteiger partial charge is 0.357 e. The Morgan fingerprint density at radius 1 is 1.40 bits per heavy atom. The third kappa shape index (κ3) is 6.38. The number of rotatable bonds is 6. The number of guanidine groups is 1. The van der Waals surface area contributed by atoms with Crippen molar-refractivity contribution in [3.63, 3.8) is 0 Å². The van der Waals surface area contributed by atoms with Crippen LogP contribution in [0.25, 0.3) is 0 Å². The van der Waals surface area contributed by atoms with Crippen LogP contribution < -0.4 is 10.6 Å². The molecule has 6 nitrogen and oxygen atoms in total. The maximum Gasteiger partial charge on any atom is 0.242 e. The molecule has 1 aliphatic rings. The predicted molar refractivity (Wildman–Crippen MR) is 106 cm³/mol. The van der Waals surface area contributed by atoms with Crippen molar-refractivity contribution in [2.24, 2.45) is 12.0 Å². The molecular formula is C18H30BrN5O. The zero-order valence-corrected chi connectivity index (χ0v) is 17.1. The van der Waals surface area contributed by atoms with Gasteiger partial charge in [0, 0.05) is 43.0 Å². The molecule has 0 bridgehead atoms. The van der Waals surface area contributed by atoms with Crippen LogP contribution in [0.15, 0.2) is 21.7 Å². The average molecular weight is 412 g/mol. The quantitative estimate of drug-likeness (QED) is 0.558. The van der Waals surface area contributed by atoms with Crippen LogP contribution in [-0.4, -0.2) is 47.5 Å². The Bertz CT molecular complexity index is 592. The van der Waals surface area contributed by atoms with Gasteiger partial charge in [0.25, 0.3) is 0 Å². The predicted octanol–water partition coefficient (Wildman–Crippen LogP) is 2.63. The molecule has 25 heavy (non-hydrogen) atoms. The first-order valence-corrected chi connectivity index (χ1v) is 9.88. The van der Waals surface area contributed by atoms with E-state index in [2.05, 4.69) is 42.2 Å². The molecule has 0 aliphatic heterocycles. The van der Waals surface area contributed by atoms with E-state index in [1.54, 1.807) is 0 Å². The second-order valence-corrected chi connectivity index (χ2v) is 7.60. The molecule has 1 amide bonds. The minimum atomic E-state index is 0.0114. The van der Waals surface area contributed by atoms with Crippen molar-refractivity contribution >= 4 is 27.8 Å². The van der Waals surface area contributed by atoms with Gasteiger partial charge in [0.1, 0.15) is 6.54 Å². The molecule has 0 radical (unpaired) electrons. The molecule has 1 aromatic rings. The lowest BCUT2D eigenvalue weighted by Crippen LogP contribution is -2.41. The molecule has 1 aromatic heterocycles. The fraction of sp³-hybridized carbons (Fsp3) is 0.667. The van der Waals surface area contributed by atoms with E-state index < -0.39 is 0 Å². The Balaban J connectivity index is 1.91. The monoisotopic (exact) mass is 411 g/mol. The van der Waals surface area contributed by atoms with Crippen molar-refractivity contribution in [1.29, 1.82) is 0 Å². The Morgan fingerprint density at radius 2 is 2.12 bits per heavy atom. The van der Waals surface area contributed by atoms with Crippen LogP contribution in [0.3, 0.4) is 0 Å². The Hall–Kier alpha value is -1.50. The number of nitrogens with one attached hydrogen (secondary N) is 2. The number of hydrogen-bond acceptors (Lipinski definition) is 2. The summed E-state index contributed by atoms with van der Waals surface area (Å²) in [6.45, 7) is 3.69. The minimum absolute atomic E-state index is 0.0114. The maximum atomic E-state index is 12.2. The molecule has 2 rings (SSSR count). The van der Waals surface area contributed by atoms with Crippen molar-refractivity contribution < 1.29 is 4.79 Å². The summed E-state index contributed by atoms with van der Waals surface area (Å²) < 4.78 is 3.15. The van der Waals surface area contributed by atoms with Gasteiger partial charge in [-0.15, -0.1) is 0 Å².